The number of non-ortho nitro benzene ring substituents is 1. The highest BCUT2D eigenvalue weighted by atomic mass is 16.6. The van der Waals surface area contributed by atoms with Gasteiger partial charge in [0.15, 0.2) is 0 Å². The number of anilines is 1. The minimum absolute atomic E-state index is 0.106. The average Bonchev–Trinajstić information content (AvgIpc) is 3.17. The summed E-state index contributed by atoms with van der Waals surface area (Å²) in [7, 11) is 1.40. The lowest BCUT2D eigenvalue weighted by molar-refractivity contribution is -0.384. The van der Waals surface area contributed by atoms with Crippen molar-refractivity contribution in [2.45, 2.75) is 26.7 Å². The van der Waals surface area contributed by atoms with E-state index in [4.69, 9.17) is 4.74 Å². The molecular weight excluding hydrogens is 352 g/mol. The van der Waals surface area contributed by atoms with Crippen LogP contribution in [-0.4, -0.2) is 29.0 Å². The first-order chi connectivity index (χ1) is 12.8. The molecule has 3 rings (SSSR count). The van der Waals surface area contributed by atoms with Crippen LogP contribution in [0.25, 0.3) is 0 Å². The molecule has 0 saturated heterocycles. The van der Waals surface area contributed by atoms with E-state index in [0.29, 0.717) is 0 Å². The van der Waals surface area contributed by atoms with Crippen molar-refractivity contribution in [1.29, 1.82) is 0 Å². The number of hydrogen-bond donors (Lipinski definition) is 2. The predicted octanol–water partition coefficient (Wildman–Crippen LogP) is 3.24. The number of carbonyl (C=O) groups is 2. The lowest BCUT2D eigenvalue weighted by atomic mass is 9.78. The lowest BCUT2D eigenvalue weighted by Crippen LogP contribution is -2.37. The van der Waals surface area contributed by atoms with Crippen LogP contribution in [0.2, 0.25) is 0 Å². The molecule has 2 aliphatic rings. The zero-order valence-electron chi connectivity index (χ0n) is 15.4. The third-order valence-electron chi connectivity index (χ3n) is 5.66. The molecule has 2 N–H and O–H groups in total. The van der Waals surface area contributed by atoms with E-state index in [-0.39, 0.29) is 29.0 Å². The Morgan fingerprint density at radius 3 is 2.37 bits per heavy atom. The summed E-state index contributed by atoms with van der Waals surface area (Å²) >= 11 is 0. The van der Waals surface area contributed by atoms with E-state index in [0.717, 1.165) is 24.0 Å². The van der Waals surface area contributed by atoms with Gasteiger partial charge in [0.1, 0.15) is 5.75 Å². The van der Waals surface area contributed by atoms with Gasteiger partial charge in [-0.1, -0.05) is 11.1 Å². The fourth-order valence-electron chi connectivity index (χ4n) is 4.73. The molecule has 0 unspecified atom stereocenters. The van der Waals surface area contributed by atoms with E-state index < -0.39 is 28.6 Å². The zero-order valence-corrected chi connectivity index (χ0v) is 15.4. The van der Waals surface area contributed by atoms with Crippen LogP contribution in [-0.2, 0) is 9.59 Å². The molecule has 144 valence electrons. The van der Waals surface area contributed by atoms with E-state index in [1.165, 1.54) is 25.3 Å². The van der Waals surface area contributed by atoms with Crippen molar-refractivity contribution in [3.63, 3.8) is 0 Å². The molecule has 0 heterocycles. The van der Waals surface area contributed by atoms with E-state index in [2.05, 4.69) is 5.32 Å². The summed E-state index contributed by atoms with van der Waals surface area (Å²) in [5, 5.41) is 23.4. The number of allylic oxidation sites excluding steroid dienone is 2. The molecule has 1 aromatic rings. The molecule has 4 atom stereocenters. The van der Waals surface area contributed by atoms with Gasteiger partial charge in [0, 0.05) is 12.1 Å². The van der Waals surface area contributed by atoms with Gasteiger partial charge in [0.2, 0.25) is 5.91 Å². The number of methoxy groups -OCH3 is 1. The number of carbonyl (C=O) groups excluding carboxylic acids is 1. The number of nitro benzene ring substituents is 1. The molecule has 0 aromatic heterocycles. The Morgan fingerprint density at radius 1 is 1.22 bits per heavy atom. The Kier molecular flexibility index (Phi) is 4.91. The number of hydrogen-bond acceptors (Lipinski definition) is 5. The molecule has 2 bridgehead atoms. The monoisotopic (exact) mass is 374 g/mol. The highest BCUT2D eigenvalue weighted by molar-refractivity contribution is 5.98. The number of fused-ring (bicyclic) bond motifs is 2. The predicted molar refractivity (Wildman–Crippen MR) is 97.5 cm³/mol. The fraction of sp³-hybridized carbons (Fsp3) is 0.474. The van der Waals surface area contributed by atoms with Gasteiger partial charge >= 0.3 is 5.97 Å². The van der Waals surface area contributed by atoms with Crippen LogP contribution in [0.4, 0.5) is 11.4 Å². The standard InChI is InChI=1S/C19H22N2O6/c1-9(2)15-11-5-6-12(15)17(19(23)24)16(11)18(22)20-13-8-10(21(25)26)4-7-14(13)27-3/h4,7-8,11-12,16-17H,5-6H2,1-3H3,(H,20,22)(H,23,24)/t11-,12+,16+,17+/m1/s1. The van der Waals surface area contributed by atoms with Gasteiger partial charge in [-0.3, -0.25) is 19.7 Å². The summed E-state index contributed by atoms with van der Waals surface area (Å²) in [6, 6.07) is 3.92. The van der Waals surface area contributed by atoms with E-state index in [1.807, 2.05) is 13.8 Å². The van der Waals surface area contributed by atoms with Crippen LogP contribution < -0.4 is 10.1 Å². The van der Waals surface area contributed by atoms with Crippen molar-refractivity contribution in [3.8, 4) is 5.75 Å². The number of nitrogens with one attached hydrogen (secondary N) is 1. The average molecular weight is 374 g/mol. The minimum atomic E-state index is -0.980. The van der Waals surface area contributed by atoms with Gasteiger partial charge in [-0.25, -0.2) is 0 Å². The SMILES string of the molecule is COc1ccc([N+](=O)[O-])cc1NC(=O)[C@@H]1[C@@H](C(=O)O)[C@H]2CC[C@@H]1C2=C(C)C. The molecule has 1 amide bonds. The second-order valence-electron chi connectivity index (χ2n) is 7.27. The largest absolute Gasteiger partial charge is 0.495 e. The molecule has 0 spiro atoms. The maximum Gasteiger partial charge on any atom is 0.307 e. The molecular formula is C19H22N2O6. The summed E-state index contributed by atoms with van der Waals surface area (Å²) in [5.41, 5.74) is 2.13. The van der Waals surface area contributed by atoms with Crippen LogP contribution >= 0.6 is 0 Å². The van der Waals surface area contributed by atoms with Crippen LogP contribution in [0.15, 0.2) is 29.3 Å². The van der Waals surface area contributed by atoms with Crippen LogP contribution in [0.1, 0.15) is 26.7 Å². The molecule has 1 aromatic carbocycles. The van der Waals surface area contributed by atoms with Crippen LogP contribution in [0, 0.1) is 33.8 Å². The Hall–Kier alpha value is -2.90. The Labute approximate surface area is 156 Å². The van der Waals surface area contributed by atoms with Gasteiger partial charge in [-0.2, -0.15) is 0 Å². The number of amides is 1. The molecule has 8 heteroatoms. The first kappa shape index (κ1) is 18.9. The maximum atomic E-state index is 13.0. The zero-order chi connectivity index (χ0) is 19.9. The Bertz CT molecular complexity index is 843. The van der Waals surface area contributed by atoms with Gasteiger partial charge in [-0.15, -0.1) is 0 Å². The quantitative estimate of drug-likeness (QED) is 0.464. The number of carboxylic acid groups (broad SMARTS) is 1. The summed E-state index contributed by atoms with van der Waals surface area (Å²) in [5.74, 6) is -2.84. The number of carboxylic acids is 1. The number of nitrogens with zero attached hydrogens (tertiary/aromatic N) is 1. The second kappa shape index (κ2) is 7.02. The molecule has 2 saturated carbocycles. The molecule has 0 aliphatic heterocycles. The van der Waals surface area contributed by atoms with Crippen molar-refractivity contribution < 1.29 is 24.4 Å². The number of aliphatic carboxylic acids is 1. The van der Waals surface area contributed by atoms with E-state index in [1.54, 1.807) is 0 Å². The highest BCUT2D eigenvalue weighted by Crippen LogP contribution is 2.57. The summed E-state index contributed by atoms with van der Waals surface area (Å²) in [6.07, 6.45) is 1.55. The number of ether oxygens (including phenoxy) is 1. The summed E-state index contributed by atoms with van der Waals surface area (Å²) < 4.78 is 5.18. The second-order valence-corrected chi connectivity index (χ2v) is 7.27. The van der Waals surface area contributed by atoms with Gasteiger partial charge in [0.05, 0.1) is 29.6 Å². The molecule has 27 heavy (non-hydrogen) atoms. The first-order valence-electron chi connectivity index (χ1n) is 8.79. The smallest absolute Gasteiger partial charge is 0.307 e. The highest BCUT2D eigenvalue weighted by Gasteiger charge is 2.57. The molecule has 2 fully saturated rings. The van der Waals surface area contributed by atoms with Crippen molar-refractivity contribution in [1.82, 2.24) is 0 Å². The normalized spacial score (nSPS) is 26.0. The fourth-order valence-corrected chi connectivity index (χ4v) is 4.73. The summed E-state index contributed by atoms with van der Waals surface area (Å²) in [6.45, 7) is 3.90. The maximum absolute atomic E-state index is 13.0. The molecule has 2 aliphatic carbocycles. The van der Waals surface area contributed by atoms with Crippen LogP contribution in [0.5, 0.6) is 5.75 Å². The van der Waals surface area contributed by atoms with E-state index in [9.17, 15) is 24.8 Å². The van der Waals surface area contributed by atoms with E-state index >= 15 is 0 Å². The van der Waals surface area contributed by atoms with Crippen molar-refractivity contribution >= 4 is 23.3 Å². The first-order valence-corrected chi connectivity index (χ1v) is 8.79. The van der Waals surface area contributed by atoms with Gasteiger partial charge < -0.3 is 15.2 Å². The topological polar surface area (TPSA) is 119 Å². The Morgan fingerprint density at radius 2 is 1.85 bits per heavy atom. The van der Waals surface area contributed by atoms with Gasteiger partial charge in [0.25, 0.3) is 5.69 Å². The molecule has 0 radical (unpaired) electrons. The van der Waals surface area contributed by atoms with Crippen molar-refractivity contribution in [2.24, 2.45) is 23.7 Å². The lowest BCUT2D eigenvalue weighted by Gasteiger charge is -2.26. The number of nitro groups is 1. The summed E-state index contributed by atoms with van der Waals surface area (Å²) in [4.78, 5) is 35.4. The van der Waals surface area contributed by atoms with Gasteiger partial charge in [-0.05, 0) is 44.6 Å². The third-order valence-corrected chi connectivity index (χ3v) is 5.66. The van der Waals surface area contributed by atoms with Crippen molar-refractivity contribution in [3.05, 3.63) is 39.5 Å². The Balaban J connectivity index is 1.94. The van der Waals surface area contributed by atoms with Crippen molar-refractivity contribution in [2.75, 3.05) is 12.4 Å². The van der Waals surface area contributed by atoms with Crippen LogP contribution in [0.3, 0.4) is 0 Å². The number of rotatable bonds is 5. The third kappa shape index (κ3) is 3.15. The number of benzene rings is 1. The molecule has 8 nitrogen and oxygen atoms in total. The minimum Gasteiger partial charge on any atom is -0.495 e.